The van der Waals surface area contributed by atoms with E-state index in [0.29, 0.717) is 37.2 Å². The quantitative estimate of drug-likeness (QED) is 0.675. The number of rotatable bonds is 3. The Morgan fingerprint density at radius 1 is 1.31 bits per heavy atom. The van der Waals surface area contributed by atoms with Crippen LogP contribution in [0.5, 0.6) is 5.75 Å². The predicted octanol–water partition coefficient (Wildman–Crippen LogP) is 1.79. The van der Waals surface area contributed by atoms with Gasteiger partial charge in [-0.05, 0) is 30.9 Å². The maximum absolute atomic E-state index is 12.6. The monoisotopic (exact) mass is 399 g/mol. The lowest BCUT2D eigenvalue weighted by molar-refractivity contribution is -0.952. The third-order valence-corrected chi connectivity index (χ3v) is 8.79. The maximum atomic E-state index is 12.6. The summed E-state index contributed by atoms with van der Waals surface area (Å²) in [7, 11) is 2.27. The van der Waals surface area contributed by atoms with Crippen LogP contribution in [-0.2, 0) is 16.6 Å². The Labute approximate surface area is 171 Å². The molecule has 0 aromatic heterocycles. The third-order valence-electron chi connectivity index (χ3n) is 8.79. The van der Waals surface area contributed by atoms with E-state index in [0.717, 1.165) is 23.1 Å². The first-order valence-corrected chi connectivity index (χ1v) is 10.9. The summed E-state index contributed by atoms with van der Waals surface area (Å²) in [6.45, 7) is 1.94. The van der Waals surface area contributed by atoms with Crippen LogP contribution in [0.25, 0.3) is 0 Å². The molecule has 4 atom stereocenters. The summed E-state index contributed by atoms with van der Waals surface area (Å²) in [5.41, 5.74) is 5.25. The Kier molecular flexibility index (Phi) is 3.98. The zero-order valence-corrected chi connectivity index (χ0v) is 17.1. The van der Waals surface area contributed by atoms with Gasteiger partial charge in [0.2, 0.25) is 0 Å². The number of ketones is 1. The van der Waals surface area contributed by atoms with E-state index in [1.165, 1.54) is 19.3 Å². The van der Waals surface area contributed by atoms with Crippen molar-refractivity contribution in [2.45, 2.75) is 68.4 Å². The number of nitrogens with zero attached hydrogens (tertiary/aromatic N) is 1. The number of aliphatic hydroxyl groups is 1. The van der Waals surface area contributed by atoms with Crippen LogP contribution in [0.4, 0.5) is 0 Å². The molecule has 29 heavy (non-hydrogen) atoms. The SMILES string of the molecule is C[N+]1(CC2CCC2)CCC23CC(=O)CCC2(O)C1Cc1ccc(C(N)=O)c(O)c13. The molecule has 0 spiro atoms. The molecule has 4 N–H and O–H groups in total. The van der Waals surface area contributed by atoms with Gasteiger partial charge in [0.25, 0.3) is 5.91 Å². The van der Waals surface area contributed by atoms with Gasteiger partial charge >= 0.3 is 0 Å². The number of likely N-dealkylation sites (tertiary alicyclic amines) is 1. The number of likely N-dealkylation sites (N-methyl/N-ethyl adjacent to an activating group) is 1. The number of hydrogen-bond acceptors (Lipinski definition) is 4. The number of aromatic hydroxyl groups is 1. The Bertz CT molecular complexity index is 910. The molecule has 0 radical (unpaired) electrons. The van der Waals surface area contributed by atoms with E-state index in [-0.39, 0.29) is 29.6 Å². The van der Waals surface area contributed by atoms with Crippen LogP contribution in [-0.4, -0.2) is 58.2 Å². The number of phenols is 1. The highest BCUT2D eigenvalue weighted by molar-refractivity contribution is 5.96. The summed E-state index contributed by atoms with van der Waals surface area (Å²) in [5.74, 6) is 0.0289. The van der Waals surface area contributed by atoms with Crippen LogP contribution in [0.15, 0.2) is 12.1 Å². The van der Waals surface area contributed by atoms with E-state index in [1.54, 1.807) is 6.07 Å². The molecule has 3 aliphatic carbocycles. The molecule has 156 valence electrons. The number of amides is 1. The summed E-state index contributed by atoms with van der Waals surface area (Å²) in [6, 6.07) is 3.46. The number of hydrogen-bond donors (Lipinski definition) is 3. The summed E-state index contributed by atoms with van der Waals surface area (Å²) in [6.07, 6.45) is 6.15. The molecule has 4 unspecified atom stereocenters. The highest BCUT2D eigenvalue weighted by Crippen LogP contribution is 2.61. The second-order valence-corrected chi connectivity index (χ2v) is 10.2. The minimum Gasteiger partial charge on any atom is -0.507 e. The molecular formula is C23H31N2O4+. The number of primary amides is 1. The molecule has 6 nitrogen and oxygen atoms in total. The summed E-state index contributed by atoms with van der Waals surface area (Å²) >= 11 is 0. The number of carbonyl (C=O) groups excluding carboxylic acids is 2. The van der Waals surface area contributed by atoms with Gasteiger partial charge in [-0.25, -0.2) is 0 Å². The molecule has 1 aromatic rings. The normalized spacial score (nSPS) is 38.7. The molecule has 1 saturated heterocycles. The van der Waals surface area contributed by atoms with Crippen molar-refractivity contribution in [2.75, 3.05) is 20.1 Å². The number of quaternary nitrogens is 1. The Morgan fingerprint density at radius 3 is 2.72 bits per heavy atom. The summed E-state index contributed by atoms with van der Waals surface area (Å²) < 4.78 is 0.828. The molecule has 2 saturated carbocycles. The van der Waals surface area contributed by atoms with Gasteiger partial charge < -0.3 is 20.4 Å². The van der Waals surface area contributed by atoms with Gasteiger partial charge in [0.05, 0.1) is 25.7 Å². The highest BCUT2D eigenvalue weighted by Gasteiger charge is 2.70. The fourth-order valence-electron chi connectivity index (χ4n) is 7.10. The zero-order chi connectivity index (χ0) is 20.6. The van der Waals surface area contributed by atoms with Crippen LogP contribution in [0.1, 0.15) is 66.4 Å². The summed E-state index contributed by atoms with van der Waals surface area (Å²) in [5, 5.41) is 23.3. The van der Waals surface area contributed by atoms with E-state index < -0.39 is 16.9 Å². The van der Waals surface area contributed by atoms with E-state index in [9.17, 15) is 19.8 Å². The van der Waals surface area contributed by atoms with Crippen LogP contribution in [0, 0.1) is 5.92 Å². The van der Waals surface area contributed by atoms with Crippen molar-refractivity contribution in [3.8, 4) is 5.75 Å². The Morgan fingerprint density at radius 2 is 2.07 bits per heavy atom. The number of carbonyl (C=O) groups is 2. The van der Waals surface area contributed by atoms with Crippen molar-refractivity contribution < 1.29 is 24.3 Å². The first-order valence-electron chi connectivity index (χ1n) is 10.9. The van der Waals surface area contributed by atoms with Crippen LogP contribution >= 0.6 is 0 Å². The molecule has 6 heteroatoms. The molecular weight excluding hydrogens is 368 g/mol. The van der Waals surface area contributed by atoms with E-state index >= 15 is 0 Å². The minimum atomic E-state index is -1.06. The van der Waals surface area contributed by atoms with Gasteiger partial charge in [-0.3, -0.25) is 9.59 Å². The lowest BCUT2D eigenvalue weighted by Crippen LogP contribution is -2.78. The summed E-state index contributed by atoms with van der Waals surface area (Å²) in [4.78, 5) is 24.5. The average molecular weight is 400 g/mol. The number of fused-ring (bicyclic) bond motifs is 1. The first kappa shape index (κ1) is 19.1. The van der Waals surface area contributed by atoms with E-state index in [4.69, 9.17) is 5.73 Å². The standard InChI is InChI=1S/C23H30N2O4/c1-25(13-14-3-2-4-14)10-9-22-12-16(26)7-8-23(22,29)18(25)11-15-5-6-17(21(24)28)20(27)19(15)22/h5-6,14,18,29H,2-4,7-13H2,1H3,(H2-,24,27,28)/p+1. The van der Waals surface area contributed by atoms with Crippen molar-refractivity contribution in [2.24, 2.45) is 11.7 Å². The smallest absolute Gasteiger partial charge is 0.252 e. The second kappa shape index (κ2) is 6.05. The Balaban J connectivity index is 1.69. The van der Waals surface area contributed by atoms with E-state index in [2.05, 4.69) is 7.05 Å². The fraction of sp³-hybridized carbons (Fsp3) is 0.652. The van der Waals surface area contributed by atoms with Gasteiger partial charge in [0, 0.05) is 42.6 Å². The van der Waals surface area contributed by atoms with Gasteiger partial charge in [-0.15, -0.1) is 0 Å². The molecule has 1 aliphatic heterocycles. The number of benzene rings is 1. The number of Topliss-reactive ketones (excluding diaryl/α,β-unsaturated/α-hetero) is 1. The lowest BCUT2D eigenvalue weighted by atomic mass is 9.48. The van der Waals surface area contributed by atoms with Crippen LogP contribution < -0.4 is 5.73 Å². The molecule has 4 aliphatic rings. The Hall–Kier alpha value is -1.92. The molecule has 1 aromatic carbocycles. The molecule has 2 bridgehead atoms. The van der Waals surface area contributed by atoms with Crippen LogP contribution in [0.2, 0.25) is 0 Å². The van der Waals surface area contributed by atoms with E-state index in [1.807, 2.05) is 6.07 Å². The zero-order valence-electron chi connectivity index (χ0n) is 17.1. The van der Waals surface area contributed by atoms with Gasteiger partial charge in [0.1, 0.15) is 23.2 Å². The van der Waals surface area contributed by atoms with Crippen LogP contribution in [0.3, 0.4) is 0 Å². The fourth-order valence-corrected chi connectivity index (χ4v) is 7.10. The molecule has 3 fully saturated rings. The van der Waals surface area contributed by atoms with Crippen molar-refractivity contribution in [1.82, 2.24) is 0 Å². The molecule has 1 heterocycles. The van der Waals surface area contributed by atoms with Crippen molar-refractivity contribution in [1.29, 1.82) is 0 Å². The van der Waals surface area contributed by atoms with Crippen molar-refractivity contribution >= 4 is 11.7 Å². The topological polar surface area (TPSA) is 101 Å². The van der Waals surface area contributed by atoms with Gasteiger partial charge in [0.15, 0.2) is 0 Å². The highest BCUT2D eigenvalue weighted by atomic mass is 16.3. The van der Waals surface area contributed by atoms with Gasteiger partial charge in [-0.1, -0.05) is 12.5 Å². The first-order chi connectivity index (χ1) is 13.7. The minimum absolute atomic E-state index is 0.00345. The molecule has 1 amide bonds. The van der Waals surface area contributed by atoms with Gasteiger partial charge in [-0.2, -0.15) is 0 Å². The maximum Gasteiger partial charge on any atom is 0.252 e. The third kappa shape index (κ3) is 2.42. The number of piperidine rings is 1. The number of nitrogens with two attached hydrogens (primary N) is 1. The largest absolute Gasteiger partial charge is 0.507 e. The second-order valence-electron chi connectivity index (χ2n) is 10.2. The predicted molar refractivity (Wildman–Crippen MR) is 107 cm³/mol. The van der Waals surface area contributed by atoms with Crippen molar-refractivity contribution in [3.63, 3.8) is 0 Å². The average Bonchev–Trinajstić information content (AvgIpc) is 2.62. The molecule has 5 rings (SSSR count). The van der Waals surface area contributed by atoms with Crippen molar-refractivity contribution in [3.05, 3.63) is 28.8 Å². The lowest BCUT2D eigenvalue weighted by Gasteiger charge is -2.65.